The second-order valence-corrected chi connectivity index (χ2v) is 7.09. The molecule has 1 heterocycles. The number of sulfonamides is 1. The standard InChI is InChI=1S/C15H13ClN2O4S/c1-22-14-5-2-10(8-12(14)16)18-23(20,21)11-3-4-13-9(6-11)7-15(19)17-13/h2-6,8,18H,7H2,1H3,(H,17,19). The summed E-state index contributed by atoms with van der Waals surface area (Å²) in [5, 5.41) is 2.96. The highest BCUT2D eigenvalue weighted by molar-refractivity contribution is 7.92. The minimum absolute atomic E-state index is 0.0830. The molecule has 0 spiro atoms. The van der Waals surface area contributed by atoms with Crippen molar-refractivity contribution in [3.05, 3.63) is 47.0 Å². The van der Waals surface area contributed by atoms with E-state index < -0.39 is 10.0 Å². The van der Waals surface area contributed by atoms with Crippen LogP contribution < -0.4 is 14.8 Å². The Morgan fingerprint density at radius 1 is 1.22 bits per heavy atom. The van der Waals surface area contributed by atoms with Gasteiger partial charge in [0, 0.05) is 5.69 Å². The zero-order valence-corrected chi connectivity index (χ0v) is 13.7. The van der Waals surface area contributed by atoms with Gasteiger partial charge in [0.15, 0.2) is 0 Å². The van der Waals surface area contributed by atoms with Crippen molar-refractivity contribution in [2.45, 2.75) is 11.3 Å². The molecular formula is C15H13ClN2O4S. The SMILES string of the molecule is COc1ccc(NS(=O)(=O)c2ccc3c(c2)CC(=O)N3)cc1Cl. The highest BCUT2D eigenvalue weighted by Gasteiger charge is 2.22. The summed E-state index contributed by atoms with van der Waals surface area (Å²) < 4.78 is 32.4. The van der Waals surface area contributed by atoms with E-state index >= 15 is 0 Å². The normalized spacial score (nSPS) is 13.4. The van der Waals surface area contributed by atoms with Gasteiger partial charge < -0.3 is 10.1 Å². The summed E-state index contributed by atoms with van der Waals surface area (Å²) in [5.41, 5.74) is 1.62. The third-order valence-electron chi connectivity index (χ3n) is 3.42. The zero-order valence-electron chi connectivity index (χ0n) is 12.1. The summed E-state index contributed by atoms with van der Waals surface area (Å²) in [6.45, 7) is 0. The van der Waals surface area contributed by atoms with Crippen LogP contribution in [-0.4, -0.2) is 21.4 Å². The van der Waals surface area contributed by atoms with Crippen molar-refractivity contribution in [3.8, 4) is 5.75 Å². The Kier molecular flexibility index (Phi) is 3.91. The van der Waals surface area contributed by atoms with Crippen LogP contribution in [0.4, 0.5) is 11.4 Å². The van der Waals surface area contributed by atoms with Gasteiger partial charge in [0.2, 0.25) is 5.91 Å². The van der Waals surface area contributed by atoms with Crippen molar-refractivity contribution in [3.63, 3.8) is 0 Å². The fourth-order valence-corrected chi connectivity index (χ4v) is 3.67. The van der Waals surface area contributed by atoms with Crippen molar-refractivity contribution in [2.75, 3.05) is 17.1 Å². The molecule has 1 amide bonds. The molecule has 23 heavy (non-hydrogen) atoms. The number of carbonyl (C=O) groups is 1. The van der Waals surface area contributed by atoms with Gasteiger partial charge >= 0.3 is 0 Å². The van der Waals surface area contributed by atoms with Crippen LogP contribution in [0.5, 0.6) is 5.75 Å². The van der Waals surface area contributed by atoms with Crippen molar-refractivity contribution in [2.24, 2.45) is 0 Å². The van der Waals surface area contributed by atoms with E-state index in [0.717, 1.165) is 0 Å². The smallest absolute Gasteiger partial charge is 0.261 e. The van der Waals surface area contributed by atoms with Crippen LogP contribution >= 0.6 is 11.6 Å². The number of hydrogen-bond donors (Lipinski definition) is 2. The van der Waals surface area contributed by atoms with Gasteiger partial charge in [-0.1, -0.05) is 11.6 Å². The Bertz CT molecular complexity index is 896. The molecule has 1 aliphatic heterocycles. The van der Waals surface area contributed by atoms with E-state index in [0.29, 0.717) is 27.7 Å². The summed E-state index contributed by atoms with van der Waals surface area (Å²) in [4.78, 5) is 11.4. The van der Waals surface area contributed by atoms with Crippen LogP contribution in [-0.2, 0) is 21.2 Å². The molecular weight excluding hydrogens is 340 g/mol. The summed E-state index contributed by atoms with van der Waals surface area (Å²) in [6.07, 6.45) is 0.174. The largest absolute Gasteiger partial charge is 0.495 e. The molecule has 1 aliphatic rings. The first-order chi connectivity index (χ1) is 10.9. The number of carbonyl (C=O) groups excluding carboxylic acids is 1. The Hall–Kier alpha value is -2.25. The lowest BCUT2D eigenvalue weighted by Crippen LogP contribution is -2.13. The molecule has 0 radical (unpaired) electrons. The predicted molar refractivity (Wildman–Crippen MR) is 87.6 cm³/mol. The van der Waals surface area contributed by atoms with Crippen molar-refractivity contribution < 1.29 is 17.9 Å². The van der Waals surface area contributed by atoms with E-state index in [1.54, 1.807) is 18.2 Å². The molecule has 0 atom stereocenters. The first kappa shape index (κ1) is 15.6. The van der Waals surface area contributed by atoms with E-state index in [4.69, 9.17) is 16.3 Å². The minimum Gasteiger partial charge on any atom is -0.495 e. The lowest BCUT2D eigenvalue weighted by Gasteiger charge is -2.11. The molecule has 120 valence electrons. The maximum atomic E-state index is 12.5. The number of amides is 1. The number of methoxy groups -OCH3 is 1. The van der Waals surface area contributed by atoms with E-state index in [-0.39, 0.29) is 17.2 Å². The summed E-state index contributed by atoms with van der Waals surface area (Å²) in [6, 6.07) is 9.11. The Morgan fingerprint density at radius 2 is 2.00 bits per heavy atom. The van der Waals surface area contributed by atoms with Crippen molar-refractivity contribution in [1.29, 1.82) is 0 Å². The van der Waals surface area contributed by atoms with Crippen LogP contribution in [0.25, 0.3) is 0 Å². The quantitative estimate of drug-likeness (QED) is 0.885. The van der Waals surface area contributed by atoms with Gasteiger partial charge in [-0.05, 0) is 42.0 Å². The second-order valence-electron chi connectivity index (χ2n) is 5.00. The summed E-state index contributed by atoms with van der Waals surface area (Å²) in [5.74, 6) is 0.307. The second kappa shape index (κ2) is 5.75. The predicted octanol–water partition coefficient (Wildman–Crippen LogP) is 2.64. The maximum Gasteiger partial charge on any atom is 0.261 e. The third-order valence-corrected chi connectivity index (χ3v) is 5.09. The topological polar surface area (TPSA) is 84.5 Å². The summed E-state index contributed by atoms with van der Waals surface area (Å²) in [7, 11) is -2.30. The molecule has 0 unspecified atom stereocenters. The lowest BCUT2D eigenvalue weighted by molar-refractivity contribution is -0.115. The van der Waals surface area contributed by atoms with Gasteiger partial charge in [-0.25, -0.2) is 8.42 Å². The Morgan fingerprint density at radius 3 is 2.70 bits per heavy atom. The van der Waals surface area contributed by atoms with Crippen molar-refractivity contribution in [1.82, 2.24) is 0 Å². The highest BCUT2D eigenvalue weighted by Crippen LogP contribution is 2.30. The Labute approximate surface area is 138 Å². The van der Waals surface area contributed by atoms with E-state index in [2.05, 4.69) is 10.0 Å². The fraction of sp³-hybridized carbons (Fsp3) is 0.133. The first-order valence-electron chi connectivity index (χ1n) is 6.68. The van der Waals surface area contributed by atoms with Crippen LogP contribution in [0.1, 0.15) is 5.56 Å². The van der Waals surface area contributed by atoms with E-state index in [9.17, 15) is 13.2 Å². The average molecular weight is 353 g/mol. The van der Waals surface area contributed by atoms with Gasteiger partial charge in [0.25, 0.3) is 10.0 Å². The molecule has 6 nitrogen and oxygen atoms in total. The van der Waals surface area contributed by atoms with E-state index in [1.165, 1.54) is 25.3 Å². The zero-order chi connectivity index (χ0) is 16.6. The third kappa shape index (κ3) is 3.11. The maximum absolute atomic E-state index is 12.5. The van der Waals surface area contributed by atoms with Crippen LogP contribution in [0.3, 0.4) is 0 Å². The molecule has 0 bridgehead atoms. The molecule has 2 aromatic rings. The average Bonchev–Trinajstić information content (AvgIpc) is 2.86. The fourth-order valence-electron chi connectivity index (χ4n) is 2.32. The van der Waals surface area contributed by atoms with Crippen molar-refractivity contribution >= 4 is 38.9 Å². The van der Waals surface area contributed by atoms with Gasteiger partial charge in [0.1, 0.15) is 5.75 Å². The minimum atomic E-state index is -3.78. The van der Waals surface area contributed by atoms with Gasteiger partial charge in [0.05, 0.1) is 29.1 Å². The number of anilines is 2. The first-order valence-corrected chi connectivity index (χ1v) is 8.54. The Balaban J connectivity index is 1.89. The molecule has 2 aromatic carbocycles. The molecule has 0 aromatic heterocycles. The molecule has 0 fully saturated rings. The molecule has 2 N–H and O–H groups in total. The molecule has 8 heteroatoms. The van der Waals surface area contributed by atoms with Crippen LogP contribution in [0.2, 0.25) is 5.02 Å². The monoisotopic (exact) mass is 352 g/mol. The number of rotatable bonds is 4. The molecule has 0 saturated heterocycles. The van der Waals surface area contributed by atoms with Gasteiger partial charge in [-0.2, -0.15) is 0 Å². The molecule has 0 saturated carbocycles. The lowest BCUT2D eigenvalue weighted by atomic mass is 10.2. The number of hydrogen-bond acceptors (Lipinski definition) is 4. The number of benzene rings is 2. The van der Waals surface area contributed by atoms with Gasteiger partial charge in [-0.3, -0.25) is 9.52 Å². The van der Waals surface area contributed by atoms with E-state index in [1.807, 2.05) is 0 Å². The van der Waals surface area contributed by atoms with Crippen LogP contribution in [0.15, 0.2) is 41.3 Å². The number of ether oxygens (including phenoxy) is 1. The van der Waals surface area contributed by atoms with Crippen LogP contribution in [0, 0.1) is 0 Å². The number of fused-ring (bicyclic) bond motifs is 1. The number of halogens is 1. The molecule has 0 aliphatic carbocycles. The number of nitrogens with one attached hydrogen (secondary N) is 2. The molecule has 3 rings (SSSR count). The van der Waals surface area contributed by atoms with Gasteiger partial charge in [-0.15, -0.1) is 0 Å². The summed E-state index contributed by atoms with van der Waals surface area (Å²) >= 11 is 5.99. The highest BCUT2D eigenvalue weighted by atomic mass is 35.5.